The summed E-state index contributed by atoms with van der Waals surface area (Å²) in [5, 5.41) is 10.0. The molecule has 0 aliphatic rings. The molecule has 0 saturated carbocycles. The highest BCUT2D eigenvalue weighted by Crippen LogP contribution is 1.99. The van der Waals surface area contributed by atoms with Crippen LogP contribution in [0, 0.1) is 0 Å². The van der Waals surface area contributed by atoms with Crippen LogP contribution >= 0.6 is 0 Å². The monoisotopic (exact) mass is 181 g/mol. The van der Waals surface area contributed by atoms with Crippen molar-refractivity contribution >= 4 is 5.97 Å². The number of carbonyl (C=O) groups excluding carboxylic acids is 1. The van der Waals surface area contributed by atoms with Crippen molar-refractivity contribution in [3.63, 3.8) is 0 Å². The molecule has 0 amide bonds. The maximum Gasteiger partial charge on any atom is 0.0414 e. The molecule has 0 aromatic carbocycles. The molecule has 0 aliphatic heterocycles. The van der Waals surface area contributed by atoms with Gasteiger partial charge in [-0.2, -0.15) is 0 Å². The first-order valence-corrected chi connectivity index (χ1v) is 4.79. The zero-order valence-electron chi connectivity index (χ0n) is 8.16. The number of hydrogen-bond acceptors (Lipinski definition) is 2. The smallest absolute Gasteiger partial charge is 0.0414 e. The number of allylic oxidation sites excluding steroid dienone is 4. The van der Waals surface area contributed by atoms with Gasteiger partial charge in [-0.25, -0.2) is 0 Å². The molecule has 0 spiro atoms. The predicted molar refractivity (Wildman–Crippen MR) is 52.0 cm³/mol. The average Bonchev–Trinajstić information content (AvgIpc) is 2.09. The van der Waals surface area contributed by atoms with Gasteiger partial charge in [0.15, 0.2) is 0 Å². The van der Waals surface area contributed by atoms with E-state index >= 15 is 0 Å². The molecule has 2 nitrogen and oxygen atoms in total. The van der Waals surface area contributed by atoms with E-state index in [0.717, 1.165) is 19.3 Å². The third-order valence-corrected chi connectivity index (χ3v) is 1.62. The van der Waals surface area contributed by atoms with Gasteiger partial charge < -0.3 is 9.90 Å². The van der Waals surface area contributed by atoms with Gasteiger partial charge in [0.1, 0.15) is 0 Å². The normalized spacial score (nSPS) is 11.5. The van der Waals surface area contributed by atoms with Crippen LogP contribution in [0.15, 0.2) is 24.3 Å². The second kappa shape index (κ2) is 9.04. The van der Waals surface area contributed by atoms with Gasteiger partial charge in [0.2, 0.25) is 0 Å². The van der Waals surface area contributed by atoms with E-state index in [1.165, 1.54) is 0 Å². The van der Waals surface area contributed by atoms with Crippen LogP contribution in [0.25, 0.3) is 0 Å². The quantitative estimate of drug-likeness (QED) is 0.444. The lowest BCUT2D eigenvalue weighted by Crippen LogP contribution is -2.21. The fourth-order valence-electron chi connectivity index (χ4n) is 0.921. The maximum atomic E-state index is 10.0. The summed E-state index contributed by atoms with van der Waals surface area (Å²) in [6.45, 7) is 2.09. The van der Waals surface area contributed by atoms with Crippen LogP contribution in [0.2, 0.25) is 0 Å². The Labute approximate surface area is 80.0 Å². The van der Waals surface area contributed by atoms with E-state index in [2.05, 4.69) is 19.1 Å². The lowest BCUT2D eigenvalue weighted by atomic mass is 10.2. The van der Waals surface area contributed by atoms with E-state index in [9.17, 15) is 9.90 Å². The van der Waals surface area contributed by atoms with E-state index in [1.54, 1.807) is 0 Å². The van der Waals surface area contributed by atoms with E-state index < -0.39 is 5.97 Å². The highest BCUT2D eigenvalue weighted by atomic mass is 16.4. The molecule has 0 aliphatic carbocycles. The number of aliphatic carboxylic acids is 1. The van der Waals surface area contributed by atoms with Gasteiger partial charge in [0.25, 0.3) is 0 Å². The Morgan fingerprint density at radius 1 is 1.23 bits per heavy atom. The zero-order chi connectivity index (χ0) is 9.94. The Balaban J connectivity index is 3.20. The summed E-state index contributed by atoms with van der Waals surface area (Å²) in [6.07, 6.45) is 12.0. The van der Waals surface area contributed by atoms with Crippen molar-refractivity contribution in [2.45, 2.75) is 39.0 Å². The Bertz CT molecular complexity index is 181. The second-order valence-electron chi connectivity index (χ2n) is 2.88. The lowest BCUT2D eigenvalue weighted by Gasteiger charge is -1.98. The molecular formula is C11H17O2-. The first kappa shape index (κ1) is 11.9. The van der Waals surface area contributed by atoms with Crippen molar-refractivity contribution in [1.82, 2.24) is 0 Å². The molecule has 0 radical (unpaired) electrons. The van der Waals surface area contributed by atoms with Gasteiger partial charge in [0, 0.05) is 5.97 Å². The predicted octanol–water partition coefficient (Wildman–Crippen LogP) is 1.82. The number of carboxylic acid groups (broad SMARTS) is 1. The fourth-order valence-corrected chi connectivity index (χ4v) is 0.921. The Kier molecular flexibility index (Phi) is 8.31. The molecule has 0 heterocycles. The molecule has 0 rings (SSSR count). The molecular weight excluding hydrogens is 164 g/mol. The molecule has 0 aromatic heterocycles. The van der Waals surface area contributed by atoms with Crippen molar-refractivity contribution in [2.24, 2.45) is 0 Å². The molecule has 0 aromatic rings. The van der Waals surface area contributed by atoms with Crippen LogP contribution in [-0.2, 0) is 4.79 Å². The minimum Gasteiger partial charge on any atom is -0.550 e. The topological polar surface area (TPSA) is 40.1 Å². The van der Waals surface area contributed by atoms with Gasteiger partial charge in [-0.1, -0.05) is 31.2 Å². The van der Waals surface area contributed by atoms with Crippen molar-refractivity contribution in [3.8, 4) is 0 Å². The van der Waals surface area contributed by atoms with E-state index in [4.69, 9.17) is 0 Å². The van der Waals surface area contributed by atoms with Crippen LogP contribution < -0.4 is 5.11 Å². The second-order valence-corrected chi connectivity index (χ2v) is 2.88. The molecule has 0 bridgehead atoms. The standard InChI is InChI=1S/C11H18O2/c1-2-3-4-5-6-7-8-9-10-11(12)13/h3-6H,2,7-10H2,1H3,(H,12,13)/p-1/b4-3+,6-5+. The van der Waals surface area contributed by atoms with E-state index in [-0.39, 0.29) is 6.42 Å². The summed E-state index contributed by atoms with van der Waals surface area (Å²) >= 11 is 0. The summed E-state index contributed by atoms with van der Waals surface area (Å²) in [6, 6.07) is 0. The first-order chi connectivity index (χ1) is 6.27. The summed E-state index contributed by atoms with van der Waals surface area (Å²) in [4.78, 5) is 10.0. The van der Waals surface area contributed by atoms with Crippen LogP contribution in [-0.4, -0.2) is 5.97 Å². The third-order valence-electron chi connectivity index (χ3n) is 1.62. The van der Waals surface area contributed by atoms with Gasteiger partial charge in [-0.3, -0.25) is 0 Å². The number of hydrogen-bond donors (Lipinski definition) is 0. The Morgan fingerprint density at radius 3 is 2.54 bits per heavy atom. The summed E-state index contributed by atoms with van der Waals surface area (Å²) in [7, 11) is 0. The fraction of sp³-hybridized carbons (Fsp3) is 0.545. The first-order valence-electron chi connectivity index (χ1n) is 4.79. The molecule has 0 fully saturated rings. The van der Waals surface area contributed by atoms with Gasteiger partial charge in [0.05, 0.1) is 0 Å². The molecule has 0 saturated heterocycles. The largest absolute Gasteiger partial charge is 0.550 e. The van der Waals surface area contributed by atoms with Gasteiger partial charge in [-0.15, -0.1) is 0 Å². The number of unbranched alkanes of at least 4 members (excludes halogenated alkanes) is 2. The highest BCUT2D eigenvalue weighted by Gasteiger charge is 1.86. The minimum absolute atomic E-state index is 0.179. The van der Waals surface area contributed by atoms with Crippen molar-refractivity contribution in [1.29, 1.82) is 0 Å². The minimum atomic E-state index is -0.949. The molecule has 0 atom stereocenters. The number of rotatable bonds is 7. The lowest BCUT2D eigenvalue weighted by molar-refractivity contribution is -0.305. The highest BCUT2D eigenvalue weighted by molar-refractivity contribution is 5.64. The third kappa shape index (κ3) is 10.9. The number of carbonyl (C=O) groups is 1. The van der Waals surface area contributed by atoms with Gasteiger partial charge in [-0.05, 0) is 32.1 Å². The Morgan fingerprint density at radius 2 is 1.92 bits per heavy atom. The summed E-state index contributed by atoms with van der Waals surface area (Å²) in [5.41, 5.74) is 0. The van der Waals surface area contributed by atoms with Crippen LogP contribution in [0.1, 0.15) is 39.0 Å². The van der Waals surface area contributed by atoms with E-state index in [1.807, 2.05) is 12.2 Å². The number of carboxylic acids is 1. The van der Waals surface area contributed by atoms with E-state index in [0.29, 0.717) is 6.42 Å². The Hall–Kier alpha value is -1.05. The molecule has 0 N–H and O–H groups in total. The molecule has 13 heavy (non-hydrogen) atoms. The van der Waals surface area contributed by atoms with Gasteiger partial charge >= 0.3 is 0 Å². The van der Waals surface area contributed by atoms with Crippen LogP contribution in [0.4, 0.5) is 0 Å². The zero-order valence-corrected chi connectivity index (χ0v) is 8.16. The van der Waals surface area contributed by atoms with Crippen molar-refractivity contribution in [3.05, 3.63) is 24.3 Å². The summed E-state index contributed by atoms with van der Waals surface area (Å²) < 4.78 is 0. The maximum absolute atomic E-state index is 10.0. The van der Waals surface area contributed by atoms with Crippen LogP contribution in [0.5, 0.6) is 0 Å². The van der Waals surface area contributed by atoms with Crippen LogP contribution in [0.3, 0.4) is 0 Å². The summed E-state index contributed by atoms with van der Waals surface area (Å²) in [5.74, 6) is -0.949. The van der Waals surface area contributed by atoms with Crippen molar-refractivity contribution in [2.75, 3.05) is 0 Å². The average molecular weight is 181 g/mol. The molecule has 0 unspecified atom stereocenters. The SMILES string of the molecule is CC/C=C/C=C/CCCCC(=O)[O-]. The molecule has 74 valence electrons. The van der Waals surface area contributed by atoms with Crippen molar-refractivity contribution < 1.29 is 9.90 Å². The molecule has 2 heteroatoms.